The molecule has 1 amide bonds. The van der Waals surface area contributed by atoms with E-state index >= 15 is 0 Å². The minimum Gasteiger partial charge on any atom is -0.350 e. The van der Waals surface area contributed by atoms with Crippen molar-refractivity contribution in [1.29, 1.82) is 0 Å². The number of allylic oxidation sites excluding steroid dienone is 1. The molecule has 0 fully saturated rings. The Hall–Kier alpha value is -0.790. The van der Waals surface area contributed by atoms with Crippen LogP contribution in [0.1, 0.15) is 46.5 Å². The second-order valence-corrected chi connectivity index (χ2v) is 3.33. The lowest BCUT2D eigenvalue weighted by atomic mass is 10.1. The maximum absolute atomic E-state index is 10.8. The molecule has 0 spiro atoms. The summed E-state index contributed by atoms with van der Waals surface area (Å²) in [4.78, 5) is 10.8. The van der Waals surface area contributed by atoms with Gasteiger partial charge in [-0.25, -0.2) is 0 Å². The minimum atomic E-state index is 0.0552. The number of unbranched alkanes of at least 4 members (excludes halogenated alkanes) is 2. The molecule has 0 bridgehead atoms. The van der Waals surface area contributed by atoms with Gasteiger partial charge in [-0.15, -0.1) is 0 Å². The molecule has 13 heavy (non-hydrogen) atoms. The van der Waals surface area contributed by atoms with Gasteiger partial charge in [-0.3, -0.25) is 4.79 Å². The van der Waals surface area contributed by atoms with Gasteiger partial charge in [0.2, 0.25) is 5.91 Å². The highest BCUT2D eigenvalue weighted by Gasteiger charge is 2.04. The molecular weight excluding hydrogens is 162 g/mol. The molecule has 1 N–H and O–H groups in total. The second-order valence-electron chi connectivity index (χ2n) is 3.33. The zero-order valence-electron chi connectivity index (χ0n) is 8.97. The van der Waals surface area contributed by atoms with E-state index < -0.39 is 0 Å². The summed E-state index contributed by atoms with van der Waals surface area (Å²) in [5.41, 5.74) is 0. The van der Waals surface area contributed by atoms with Crippen LogP contribution < -0.4 is 5.32 Å². The summed E-state index contributed by atoms with van der Waals surface area (Å²) < 4.78 is 0. The molecule has 1 atom stereocenters. The molecule has 0 saturated heterocycles. The van der Waals surface area contributed by atoms with Gasteiger partial charge >= 0.3 is 0 Å². The zero-order valence-corrected chi connectivity index (χ0v) is 8.97. The van der Waals surface area contributed by atoms with Crippen LogP contribution in [0.25, 0.3) is 0 Å². The Bertz CT molecular complexity index is 163. The third-order valence-electron chi connectivity index (χ3n) is 1.93. The average Bonchev–Trinajstić information content (AvgIpc) is 2.04. The van der Waals surface area contributed by atoms with E-state index in [1.807, 2.05) is 13.0 Å². The number of carbonyl (C=O) groups excluding carboxylic acids is 1. The van der Waals surface area contributed by atoms with Crippen LogP contribution in [0, 0.1) is 0 Å². The van der Waals surface area contributed by atoms with Gasteiger partial charge < -0.3 is 5.32 Å². The third kappa shape index (κ3) is 7.57. The molecule has 0 aromatic carbocycles. The average molecular weight is 183 g/mol. The van der Waals surface area contributed by atoms with Gasteiger partial charge in [0, 0.05) is 13.0 Å². The quantitative estimate of drug-likeness (QED) is 0.498. The molecule has 0 aromatic rings. The van der Waals surface area contributed by atoms with Crippen molar-refractivity contribution in [1.82, 2.24) is 5.32 Å². The smallest absolute Gasteiger partial charge is 0.217 e. The van der Waals surface area contributed by atoms with Crippen LogP contribution in [-0.4, -0.2) is 11.9 Å². The van der Waals surface area contributed by atoms with E-state index in [0.29, 0.717) is 0 Å². The maximum atomic E-state index is 10.8. The molecular formula is C11H21NO. The van der Waals surface area contributed by atoms with Crippen molar-refractivity contribution < 1.29 is 4.79 Å². The Morgan fingerprint density at radius 1 is 1.46 bits per heavy atom. The van der Waals surface area contributed by atoms with Gasteiger partial charge in [0.1, 0.15) is 0 Å². The highest BCUT2D eigenvalue weighted by atomic mass is 16.1. The summed E-state index contributed by atoms with van der Waals surface area (Å²) in [6.45, 7) is 5.73. The van der Waals surface area contributed by atoms with Crippen molar-refractivity contribution >= 4 is 5.91 Å². The van der Waals surface area contributed by atoms with Gasteiger partial charge in [-0.2, -0.15) is 0 Å². The van der Waals surface area contributed by atoms with Gasteiger partial charge in [-0.1, -0.05) is 38.3 Å². The van der Waals surface area contributed by atoms with Gasteiger partial charge in [0.25, 0.3) is 0 Å². The van der Waals surface area contributed by atoms with Crippen LogP contribution in [0.15, 0.2) is 12.2 Å². The molecule has 0 aliphatic rings. The first-order chi connectivity index (χ1) is 6.20. The minimum absolute atomic E-state index is 0.0552. The van der Waals surface area contributed by atoms with E-state index in [4.69, 9.17) is 0 Å². The first kappa shape index (κ1) is 12.2. The van der Waals surface area contributed by atoms with E-state index in [1.54, 1.807) is 6.92 Å². The monoisotopic (exact) mass is 183 g/mol. The molecule has 0 rings (SSSR count). The lowest BCUT2D eigenvalue weighted by Crippen LogP contribution is -2.31. The normalized spacial score (nSPS) is 13.2. The van der Waals surface area contributed by atoms with E-state index in [9.17, 15) is 4.79 Å². The summed E-state index contributed by atoms with van der Waals surface area (Å²) in [5, 5.41) is 2.91. The second kappa shape index (κ2) is 7.84. The number of carbonyl (C=O) groups is 1. The van der Waals surface area contributed by atoms with Crippen LogP contribution in [0.2, 0.25) is 0 Å². The van der Waals surface area contributed by atoms with Crippen LogP contribution in [0.5, 0.6) is 0 Å². The van der Waals surface area contributed by atoms with Crippen molar-refractivity contribution in [2.75, 3.05) is 0 Å². The summed E-state index contributed by atoms with van der Waals surface area (Å²) in [6, 6.07) is 0.231. The fraction of sp³-hybridized carbons (Fsp3) is 0.727. The van der Waals surface area contributed by atoms with Gasteiger partial charge in [-0.05, 0) is 13.3 Å². The maximum Gasteiger partial charge on any atom is 0.217 e. The van der Waals surface area contributed by atoms with Crippen LogP contribution >= 0.6 is 0 Å². The van der Waals surface area contributed by atoms with Crippen LogP contribution in [0.4, 0.5) is 0 Å². The van der Waals surface area contributed by atoms with Crippen molar-refractivity contribution in [2.24, 2.45) is 0 Å². The lowest BCUT2D eigenvalue weighted by Gasteiger charge is -2.12. The van der Waals surface area contributed by atoms with Crippen LogP contribution in [0.3, 0.4) is 0 Å². The number of amides is 1. The van der Waals surface area contributed by atoms with E-state index in [2.05, 4.69) is 18.3 Å². The van der Waals surface area contributed by atoms with Crippen molar-refractivity contribution in [2.45, 2.75) is 52.5 Å². The first-order valence-corrected chi connectivity index (χ1v) is 5.10. The summed E-state index contributed by atoms with van der Waals surface area (Å²) >= 11 is 0. The highest BCUT2D eigenvalue weighted by Crippen LogP contribution is 2.04. The molecule has 76 valence electrons. The largest absolute Gasteiger partial charge is 0.350 e. The fourth-order valence-corrected chi connectivity index (χ4v) is 1.32. The molecule has 0 aliphatic heterocycles. The SMILES string of the molecule is C/C=C\[C@H](CCCCC)NC(C)=O. The highest BCUT2D eigenvalue weighted by molar-refractivity contribution is 5.73. The molecule has 2 heteroatoms. The molecule has 0 radical (unpaired) electrons. The Morgan fingerprint density at radius 2 is 2.15 bits per heavy atom. The Balaban J connectivity index is 3.73. The molecule has 2 nitrogen and oxygen atoms in total. The molecule has 0 aliphatic carbocycles. The van der Waals surface area contributed by atoms with E-state index in [-0.39, 0.29) is 11.9 Å². The molecule has 0 unspecified atom stereocenters. The Morgan fingerprint density at radius 3 is 2.62 bits per heavy atom. The first-order valence-electron chi connectivity index (χ1n) is 5.10. The zero-order chi connectivity index (χ0) is 10.1. The summed E-state index contributed by atoms with van der Waals surface area (Å²) in [5.74, 6) is 0.0552. The van der Waals surface area contributed by atoms with E-state index in [0.717, 1.165) is 6.42 Å². The standard InChI is InChI=1S/C11H21NO/c1-4-6-7-9-11(8-5-2)12-10(3)13/h5,8,11H,4,6-7,9H2,1-3H3,(H,12,13)/b8-5-/t11-/m1/s1. The molecule has 0 saturated carbocycles. The Labute approximate surface area is 81.4 Å². The topological polar surface area (TPSA) is 29.1 Å². The van der Waals surface area contributed by atoms with Crippen molar-refractivity contribution in [3.05, 3.63) is 12.2 Å². The lowest BCUT2D eigenvalue weighted by molar-refractivity contribution is -0.119. The van der Waals surface area contributed by atoms with Gasteiger partial charge in [0.05, 0.1) is 0 Å². The fourth-order valence-electron chi connectivity index (χ4n) is 1.32. The number of rotatable bonds is 6. The number of hydrogen-bond donors (Lipinski definition) is 1. The van der Waals surface area contributed by atoms with Gasteiger partial charge in [0.15, 0.2) is 0 Å². The van der Waals surface area contributed by atoms with E-state index in [1.165, 1.54) is 19.3 Å². The predicted octanol–water partition coefficient (Wildman–Crippen LogP) is 2.65. The van der Waals surface area contributed by atoms with Crippen molar-refractivity contribution in [3.63, 3.8) is 0 Å². The molecule has 0 aromatic heterocycles. The number of nitrogens with one attached hydrogen (secondary N) is 1. The number of hydrogen-bond acceptors (Lipinski definition) is 1. The molecule has 0 heterocycles. The summed E-state index contributed by atoms with van der Waals surface area (Å²) in [7, 11) is 0. The third-order valence-corrected chi connectivity index (χ3v) is 1.93. The van der Waals surface area contributed by atoms with Crippen molar-refractivity contribution in [3.8, 4) is 0 Å². The predicted molar refractivity (Wildman–Crippen MR) is 56.6 cm³/mol. The Kier molecular flexibility index (Phi) is 7.36. The summed E-state index contributed by atoms with van der Waals surface area (Å²) in [6.07, 6.45) is 8.75. The van der Waals surface area contributed by atoms with Crippen LogP contribution in [-0.2, 0) is 4.79 Å².